The zero-order chi connectivity index (χ0) is 16.1. The molecule has 2 aliphatic heterocycles. The Hall–Kier alpha value is -1.44. The quantitative estimate of drug-likeness (QED) is 0.751. The molecule has 0 aromatic carbocycles. The van der Waals surface area contributed by atoms with Gasteiger partial charge in [0.05, 0.1) is 12.5 Å². The van der Waals surface area contributed by atoms with Gasteiger partial charge in [0.25, 0.3) is 0 Å². The van der Waals surface area contributed by atoms with Gasteiger partial charge in [-0.1, -0.05) is 0 Å². The molecule has 2 N–H and O–H groups in total. The van der Waals surface area contributed by atoms with Crippen molar-refractivity contribution in [1.82, 2.24) is 9.80 Å². The minimum absolute atomic E-state index is 0.0655. The zero-order valence-corrected chi connectivity index (χ0v) is 13.6. The van der Waals surface area contributed by atoms with Crippen LogP contribution in [0.1, 0.15) is 19.8 Å². The molecule has 2 atom stereocenters. The Morgan fingerprint density at radius 1 is 1.32 bits per heavy atom. The van der Waals surface area contributed by atoms with E-state index < -0.39 is 12.1 Å². The molecule has 22 heavy (non-hydrogen) atoms. The number of likely N-dealkylation sites (tertiary alicyclic amines) is 1. The van der Waals surface area contributed by atoms with Crippen molar-refractivity contribution < 1.29 is 19.1 Å². The Morgan fingerprint density at radius 2 is 2.09 bits per heavy atom. The topological polar surface area (TPSA) is 92.9 Å². The molecule has 0 aromatic rings. The summed E-state index contributed by atoms with van der Waals surface area (Å²) >= 11 is 1.65. The van der Waals surface area contributed by atoms with Gasteiger partial charge in [0.1, 0.15) is 6.04 Å². The molecular formula is C14H23N3O4S. The normalized spacial score (nSPS) is 25.7. The monoisotopic (exact) mass is 329 g/mol. The molecule has 0 aromatic heterocycles. The summed E-state index contributed by atoms with van der Waals surface area (Å²) in [5.41, 5.74) is 5.31. The predicted molar refractivity (Wildman–Crippen MR) is 83.3 cm³/mol. The minimum Gasteiger partial charge on any atom is -0.464 e. The second-order valence-corrected chi connectivity index (χ2v) is 6.65. The summed E-state index contributed by atoms with van der Waals surface area (Å²) in [4.78, 5) is 39.3. The Labute approximate surface area is 134 Å². The summed E-state index contributed by atoms with van der Waals surface area (Å²) < 4.78 is 5.08. The van der Waals surface area contributed by atoms with Gasteiger partial charge in [0.2, 0.25) is 5.91 Å². The maximum absolute atomic E-state index is 12.8. The number of primary amides is 1. The first-order valence-electron chi connectivity index (χ1n) is 7.63. The van der Waals surface area contributed by atoms with E-state index in [-0.39, 0.29) is 17.8 Å². The van der Waals surface area contributed by atoms with Crippen molar-refractivity contribution in [1.29, 1.82) is 0 Å². The smallest absolute Gasteiger partial charge is 0.329 e. The van der Waals surface area contributed by atoms with Gasteiger partial charge in [-0.25, -0.2) is 9.59 Å². The molecule has 3 amide bonds. The molecule has 0 spiro atoms. The maximum Gasteiger partial charge on any atom is 0.329 e. The van der Waals surface area contributed by atoms with Gasteiger partial charge in [-0.3, -0.25) is 4.79 Å². The van der Waals surface area contributed by atoms with Crippen molar-refractivity contribution in [3.8, 4) is 0 Å². The molecule has 2 rings (SSSR count). The molecule has 0 aliphatic carbocycles. The number of carbonyl (C=O) groups excluding carboxylic acids is 3. The number of esters is 1. The maximum atomic E-state index is 12.8. The number of nitrogens with two attached hydrogens (primary N) is 1. The number of carbonyl (C=O) groups is 3. The van der Waals surface area contributed by atoms with Gasteiger partial charge >= 0.3 is 12.0 Å². The van der Waals surface area contributed by atoms with Crippen molar-refractivity contribution in [3.63, 3.8) is 0 Å². The van der Waals surface area contributed by atoms with Gasteiger partial charge in [0, 0.05) is 31.1 Å². The van der Waals surface area contributed by atoms with E-state index >= 15 is 0 Å². The van der Waals surface area contributed by atoms with Gasteiger partial charge in [0.15, 0.2) is 0 Å². The van der Waals surface area contributed by atoms with Crippen LogP contribution in [0, 0.1) is 5.92 Å². The minimum atomic E-state index is -0.518. The van der Waals surface area contributed by atoms with Crippen LogP contribution >= 0.6 is 11.8 Å². The van der Waals surface area contributed by atoms with Crippen molar-refractivity contribution in [3.05, 3.63) is 0 Å². The number of nitrogens with zero attached hydrogens (tertiary/aromatic N) is 2. The van der Waals surface area contributed by atoms with Crippen LogP contribution < -0.4 is 5.73 Å². The lowest BCUT2D eigenvalue weighted by Gasteiger charge is -2.38. The number of piperidine rings is 1. The third-order valence-corrected chi connectivity index (χ3v) is 5.08. The highest BCUT2D eigenvalue weighted by molar-refractivity contribution is 7.99. The highest BCUT2D eigenvalue weighted by atomic mass is 32.2. The molecule has 7 nitrogen and oxygen atoms in total. The molecule has 2 heterocycles. The van der Waals surface area contributed by atoms with Crippen molar-refractivity contribution in [2.24, 2.45) is 11.7 Å². The average molecular weight is 329 g/mol. The zero-order valence-electron chi connectivity index (χ0n) is 12.8. The van der Waals surface area contributed by atoms with Crippen LogP contribution in [0.2, 0.25) is 0 Å². The van der Waals surface area contributed by atoms with Crippen LogP contribution in [-0.2, 0) is 14.3 Å². The fourth-order valence-electron chi connectivity index (χ4n) is 2.91. The lowest BCUT2D eigenvalue weighted by atomic mass is 9.96. The summed E-state index contributed by atoms with van der Waals surface area (Å²) in [6, 6.07) is -1.01. The molecule has 0 bridgehead atoms. The number of thioether (sulfide) groups is 1. The fourth-order valence-corrected chi connectivity index (χ4v) is 3.95. The van der Waals surface area contributed by atoms with Crippen molar-refractivity contribution in [2.75, 3.05) is 37.7 Å². The van der Waals surface area contributed by atoms with Crippen molar-refractivity contribution >= 4 is 29.7 Å². The van der Waals surface area contributed by atoms with E-state index in [1.165, 1.54) is 4.90 Å². The van der Waals surface area contributed by atoms with Crippen molar-refractivity contribution in [2.45, 2.75) is 25.8 Å². The van der Waals surface area contributed by atoms with E-state index in [1.54, 1.807) is 23.6 Å². The third kappa shape index (κ3) is 3.85. The standard InChI is InChI=1S/C14H23N3O4S/c1-2-21-13(19)11-9-22-7-6-17(11)12(18)10-4-3-5-16(8-10)14(15)20/h10-11H,2-9H2,1H3,(H2,15,20)/t10-,11-/m1/s1. The van der Waals surface area contributed by atoms with Crippen LogP contribution in [0.5, 0.6) is 0 Å². The van der Waals surface area contributed by atoms with Crippen LogP contribution in [0.4, 0.5) is 4.79 Å². The molecule has 0 saturated carbocycles. The highest BCUT2D eigenvalue weighted by Crippen LogP contribution is 2.24. The molecule has 0 unspecified atom stereocenters. The number of ether oxygens (including phenoxy) is 1. The highest BCUT2D eigenvalue weighted by Gasteiger charge is 2.38. The SMILES string of the molecule is CCOC(=O)[C@H]1CSCCN1C(=O)[C@@H]1CCCN(C(N)=O)C1. The first-order chi connectivity index (χ1) is 10.5. The van der Waals surface area contributed by atoms with Gasteiger partial charge in [-0.05, 0) is 19.8 Å². The molecule has 2 fully saturated rings. The van der Waals surface area contributed by atoms with E-state index in [0.717, 1.165) is 18.6 Å². The predicted octanol–water partition coefficient (Wildman–Crippen LogP) is 0.284. The summed E-state index contributed by atoms with van der Waals surface area (Å²) in [5, 5.41) is 0. The number of urea groups is 1. The summed E-state index contributed by atoms with van der Waals surface area (Å²) in [6.07, 6.45) is 1.48. The van der Waals surface area contributed by atoms with Gasteiger partial charge in [-0.2, -0.15) is 11.8 Å². The third-order valence-electron chi connectivity index (χ3n) is 4.05. The van der Waals surface area contributed by atoms with Crippen LogP contribution in [-0.4, -0.2) is 71.5 Å². The van der Waals surface area contributed by atoms with E-state index in [4.69, 9.17) is 10.5 Å². The lowest BCUT2D eigenvalue weighted by molar-refractivity contribution is -0.155. The first-order valence-corrected chi connectivity index (χ1v) is 8.79. The Kier molecular flexibility index (Phi) is 5.93. The van der Waals surface area contributed by atoms with E-state index in [1.807, 2.05) is 0 Å². The number of rotatable bonds is 3. The first kappa shape index (κ1) is 16.9. The molecule has 8 heteroatoms. The van der Waals surface area contributed by atoms with Crippen LogP contribution in [0.3, 0.4) is 0 Å². The fraction of sp³-hybridized carbons (Fsp3) is 0.786. The largest absolute Gasteiger partial charge is 0.464 e. The van der Waals surface area contributed by atoms with Crippen LogP contribution in [0.15, 0.2) is 0 Å². The second-order valence-electron chi connectivity index (χ2n) is 5.50. The van der Waals surface area contributed by atoms with E-state index in [2.05, 4.69) is 0 Å². The Morgan fingerprint density at radius 3 is 2.77 bits per heavy atom. The second kappa shape index (κ2) is 7.71. The van der Waals surface area contributed by atoms with Crippen LogP contribution in [0.25, 0.3) is 0 Å². The number of hydrogen-bond donors (Lipinski definition) is 1. The summed E-state index contributed by atoms with van der Waals surface area (Å²) in [5.74, 6) is 0.696. The Bertz CT molecular complexity index is 446. The number of hydrogen-bond acceptors (Lipinski definition) is 5. The molecule has 124 valence electrons. The number of amides is 3. The Balaban J connectivity index is 2.05. The summed E-state index contributed by atoms with van der Waals surface area (Å²) in [7, 11) is 0. The van der Waals surface area contributed by atoms with Gasteiger partial charge in [-0.15, -0.1) is 0 Å². The lowest BCUT2D eigenvalue weighted by Crippen LogP contribution is -2.55. The summed E-state index contributed by atoms with van der Waals surface area (Å²) in [6.45, 7) is 3.54. The molecule has 2 saturated heterocycles. The van der Waals surface area contributed by atoms with E-state index in [9.17, 15) is 14.4 Å². The van der Waals surface area contributed by atoms with E-state index in [0.29, 0.717) is 32.0 Å². The molecular weight excluding hydrogens is 306 g/mol. The van der Waals surface area contributed by atoms with Gasteiger partial charge < -0.3 is 20.3 Å². The average Bonchev–Trinajstić information content (AvgIpc) is 2.54. The molecule has 0 radical (unpaired) electrons. The molecule has 2 aliphatic rings.